The summed E-state index contributed by atoms with van der Waals surface area (Å²) in [6.45, 7) is -2.82. The number of Topliss-reactive ketones (excluding diaryl/α,β-unsaturated/α-hetero) is 1. The van der Waals surface area contributed by atoms with Crippen LogP contribution in [0.3, 0.4) is 0 Å². The van der Waals surface area contributed by atoms with Gasteiger partial charge in [0, 0.05) is 50.6 Å². The highest BCUT2D eigenvalue weighted by Crippen LogP contribution is 2.64. The van der Waals surface area contributed by atoms with Gasteiger partial charge in [-0.25, -0.2) is 24.0 Å². The monoisotopic (exact) mass is 1380 g/mol. The normalized spacial score (nSPS) is 24.5. The molecule has 7 aliphatic heterocycles. The fourth-order valence-corrected chi connectivity index (χ4v) is 12.9. The third kappa shape index (κ3) is 9.38. The van der Waals surface area contributed by atoms with Crippen LogP contribution in [0, 0.1) is 0 Å². The van der Waals surface area contributed by atoms with Gasteiger partial charge in [-0.15, -0.1) is 0 Å². The van der Waals surface area contributed by atoms with E-state index in [0.29, 0.717) is 12.1 Å². The SMILES string of the molecule is O=C1OC[C@@H]2OC(=O)c3cc(O)c(O)c(O)c3-c3c(O)c(O)c(O)c4c3C(=O)O[C@H]([C@H]3OC(=O)c5c-4c(O)c(O)c(O)c5[C@@H]3c3c(O)cc4c(c3O)C(=O)[C@H](O[C@@H]3O[C@H](CO)[C@@H](O)[C@H](O)[C@H]3O)[C@@H](c3ccc(O)c(O)c3)O4)[C@@H]2OC(=O)c2cc(O)c(O)c(O)c2-c2c1cc(O)c(O)c2O. The maximum absolute atomic E-state index is 16.0. The molecule has 0 unspecified atom stereocenters. The highest BCUT2D eigenvalue weighted by molar-refractivity contribution is 6.17. The van der Waals surface area contributed by atoms with Gasteiger partial charge in [0.25, 0.3) is 0 Å². The number of phenolic OH excluding ortho intramolecular Hbond substituents is 19. The number of cyclic esters (lactones) is 1. The van der Waals surface area contributed by atoms with Gasteiger partial charge in [-0.05, 0) is 35.9 Å². The van der Waals surface area contributed by atoms with Gasteiger partial charge in [-0.3, -0.25) is 4.79 Å². The molecule has 0 saturated carbocycles. The fraction of sp³-hybridized carbons (Fsp3) is 0.226. The summed E-state index contributed by atoms with van der Waals surface area (Å²) < 4.78 is 47.0. The predicted molar refractivity (Wildman–Crippen MR) is 309 cm³/mol. The van der Waals surface area contributed by atoms with Crippen LogP contribution >= 0.6 is 0 Å². The zero-order chi connectivity index (χ0) is 71.6. The first-order chi connectivity index (χ1) is 46.7. The average molecular weight is 1380 g/mol. The summed E-state index contributed by atoms with van der Waals surface area (Å²) in [6, 6.07) is 4.02. The van der Waals surface area contributed by atoms with E-state index >= 15 is 24.0 Å². The topological polar surface area (TPSA) is 642 Å². The van der Waals surface area contributed by atoms with E-state index in [2.05, 4.69) is 0 Å². The molecule has 7 aromatic rings. The molecule has 0 spiro atoms. The van der Waals surface area contributed by atoms with Crippen molar-refractivity contribution < 1.29 is 184 Å². The molecule has 0 amide bonds. The number of aromatic hydroxyl groups is 19. The van der Waals surface area contributed by atoms with Crippen molar-refractivity contribution in [2.75, 3.05) is 13.2 Å². The number of phenols is 19. The third-order valence-corrected chi connectivity index (χ3v) is 17.6. The molecular weight excluding hydrogens is 1340 g/mol. The number of rotatable bonds is 5. The smallest absolute Gasteiger partial charge is 0.340 e. The zero-order valence-electron chi connectivity index (χ0n) is 48.9. The van der Waals surface area contributed by atoms with Crippen molar-refractivity contribution in [1.82, 2.24) is 0 Å². The number of esters is 5. The van der Waals surface area contributed by atoms with Gasteiger partial charge in [0.1, 0.15) is 53.8 Å². The third-order valence-electron chi connectivity index (χ3n) is 17.6. The van der Waals surface area contributed by atoms with Crippen LogP contribution in [0.4, 0.5) is 0 Å². The standard InChI is InChI=1S/C62H46O37/c63-8-21-38(73)48(83)51(86)62(95-21)99-55-47(82)27-20(93-52(55)10-1-2-14(64)15(65)3-10)7-16(66)26(39(27)74)32-31-34-30(45(80)50(85)46(31)81)29-33-28(43(78)49(84)44(29)79)25-13(6-19(69)37(72)42(25)77)58(88)94-22-9-92-57(87)11-4-17(67)35(70)40(75)23(11)24-12(5-18(68)36(71)41(24)76)59(89)96-53(22)56(98-61(33)91)54(32)97-60(34)90/h1-7,21-22,32,38,48,51-56,62-81,83-86H,8-9H2/t21-,22+,32+,38-,48+,51-,52-,53-,54+,55+,56+,62+/m1/s1. The highest BCUT2D eigenvalue weighted by Gasteiger charge is 2.59. The van der Waals surface area contributed by atoms with E-state index in [-0.39, 0.29) is 17.7 Å². The minimum atomic E-state index is -3.20. The van der Waals surface area contributed by atoms with Gasteiger partial charge < -0.3 is 155 Å². The van der Waals surface area contributed by atoms with Crippen LogP contribution in [0.15, 0.2) is 42.5 Å². The summed E-state index contributed by atoms with van der Waals surface area (Å²) in [5.41, 5.74) is -20.0. The van der Waals surface area contributed by atoms with Crippen molar-refractivity contribution in [1.29, 1.82) is 0 Å². The summed E-state index contributed by atoms with van der Waals surface area (Å²) >= 11 is 0. The van der Waals surface area contributed by atoms with Gasteiger partial charge in [0.15, 0.2) is 112 Å². The Morgan fingerprint density at radius 2 is 0.869 bits per heavy atom. The Kier molecular flexibility index (Phi) is 14.9. The van der Waals surface area contributed by atoms with Crippen LogP contribution in [-0.2, 0) is 33.2 Å². The maximum atomic E-state index is 16.0. The number of benzene rings is 7. The number of aliphatic hydroxyl groups excluding tert-OH is 4. The molecule has 37 heteroatoms. The van der Waals surface area contributed by atoms with Crippen molar-refractivity contribution in [2.24, 2.45) is 0 Å². The minimum absolute atomic E-state index is 0.235. The van der Waals surface area contributed by atoms with Crippen LogP contribution in [0.25, 0.3) is 33.4 Å². The number of carbonyl (C=O) groups excluding carboxylic acids is 6. The summed E-state index contributed by atoms with van der Waals surface area (Å²) in [5.74, 6) is -45.5. The molecule has 0 aromatic heterocycles. The second-order valence-corrected chi connectivity index (χ2v) is 23.0. The molecule has 516 valence electrons. The number of hydrogen-bond acceptors (Lipinski definition) is 37. The molecule has 12 atom stereocenters. The van der Waals surface area contributed by atoms with Crippen molar-refractivity contribution in [3.63, 3.8) is 0 Å². The Hall–Kier alpha value is -12.7. The van der Waals surface area contributed by atoms with Gasteiger partial charge in [0.2, 0.25) is 34.5 Å². The number of carbonyl (C=O) groups is 6. The Balaban J connectivity index is 1.14. The minimum Gasteiger partial charge on any atom is -0.507 e. The molecule has 14 rings (SSSR count). The first-order valence-corrected chi connectivity index (χ1v) is 28.5. The Bertz CT molecular complexity index is 4800. The molecule has 0 radical (unpaired) electrons. The lowest BCUT2D eigenvalue weighted by Gasteiger charge is -2.43. The number of hydrogen-bond donors (Lipinski definition) is 23. The molecule has 1 saturated heterocycles. The zero-order valence-corrected chi connectivity index (χ0v) is 48.9. The number of fused-ring (bicyclic) bond motifs is 8. The number of ether oxygens (including phenoxy) is 8. The highest BCUT2D eigenvalue weighted by atomic mass is 16.7. The molecule has 37 nitrogen and oxygen atoms in total. The number of aliphatic hydroxyl groups is 4. The van der Waals surface area contributed by atoms with Crippen LogP contribution in [0.1, 0.15) is 90.9 Å². The molecule has 7 heterocycles. The second kappa shape index (κ2) is 22.7. The summed E-state index contributed by atoms with van der Waals surface area (Å²) in [4.78, 5) is 92.3. The largest absolute Gasteiger partial charge is 0.507 e. The Morgan fingerprint density at radius 1 is 0.384 bits per heavy atom. The van der Waals surface area contributed by atoms with Crippen LogP contribution < -0.4 is 4.74 Å². The van der Waals surface area contributed by atoms with Crippen molar-refractivity contribution >= 4 is 35.6 Å². The predicted octanol–water partition coefficient (Wildman–Crippen LogP) is 0.740. The van der Waals surface area contributed by atoms with E-state index in [1.54, 1.807) is 0 Å². The first-order valence-electron chi connectivity index (χ1n) is 28.5. The Labute approximate surface area is 545 Å². The van der Waals surface area contributed by atoms with E-state index in [4.69, 9.17) is 37.9 Å². The average Bonchev–Trinajstić information content (AvgIpc) is 1.27. The molecule has 7 aliphatic rings. The summed E-state index contributed by atoms with van der Waals surface area (Å²) in [6.07, 6.45) is -27.3. The van der Waals surface area contributed by atoms with Gasteiger partial charge in [0.05, 0.1) is 40.3 Å². The van der Waals surface area contributed by atoms with Crippen LogP contribution in [0.5, 0.6) is 115 Å². The lowest BCUT2D eigenvalue weighted by Crippen LogP contribution is -2.60. The molecular formula is C62H46O37. The van der Waals surface area contributed by atoms with Gasteiger partial charge in [-0.1, -0.05) is 6.07 Å². The van der Waals surface area contributed by atoms with Crippen LogP contribution in [-0.4, -0.2) is 228 Å². The molecule has 7 aromatic carbocycles. The summed E-state index contributed by atoms with van der Waals surface area (Å²) in [7, 11) is 0. The first kappa shape index (κ1) is 65.0. The molecule has 6 bridgehead atoms. The summed E-state index contributed by atoms with van der Waals surface area (Å²) in [5, 5.41) is 262. The van der Waals surface area contributed by atoms with Gasteiger partial charge in [-0.2, -0.15) is 0 Å². The molecule has 99 heavy (non-hydrogen) atoms. The lowest BCUT2D eigenvalue weighted by atomic mass is 9.73. The molecule has 23 N–H and O–H groups in total. The van der Waals surface area contributed by atoms with Crippen molar-refractivity contribution in [3.8, 4) is 148 Å². The Morgan fingerprint density at radius 3 is 1.43 bits per heavy atom. The van der Waals surface area contributed by atoms with E-state index in [0.717, 1.165) is 18.2 Å². The van der Waals surface area contributed by atoms with Crippen molar-refractivity contribution in [3.05, 3.63) is 92.5 Å². The van der Waals surface area contributed by atoms with E-state index < -0.39 is 315 Å². The maximum Gasteiger partial charge on any atom is 0.340 e. The second-order valence-electron chi connectivity index (χ2n) is 23.0. The molecule has 0 aliphatic carbocycles. The van der Waals surface area contributed by atoms with Gasteiger partial charge >= 0.3 is 29.8 Å². The molecule has 1 fully saturated rings. The van der Waals surface area contributed by atoms with Crippen LogP contribution in [0.2, 0.25) is 0 Å². The quantitative estimate of drug-likeness (QED) is 0.0642. The number of ketones is 1. The van der Waals surface area contributed by atoms with E-state index in [1.807, 2.05) is 0 Å². The lowest BCUT2D eigenvalue weighted by molar-refractivity contribution is -0.311. The van der Waals surface area contributed by atoms with E-state index in [1.165, 1.54) is 0 Å². The van der Waals surface area contributed by atoms with Crippen molar-refractivity contribution in [2.45, 2.75) is 73.2 Å². The fourth-order valence-electron chi connectivity index (χ4n) is 12.9. The van der Waals surface area contributed by atoms with E-state index in [9.17, 15) is 122 Å².